The Morgan fingerprint density at radius 2 is 0.964 bits per heavy atom. The van der Waals surface area contributed by atoms with Crippen molar-refractivity contribution >= 4 is 11.9 Å². The molecule has 0 amide bonds. The first kappa shape index (κ1) is 26.9. The molecule has 0 saturated heterocycles. The summed E-state index contributed by atoms with van der Waals surface area (Å²) in [5.74, 6) is 0.820. The summed E-state index contributed by atoms with van der Waals surface area (Å²) in [7, 11) is 0. The van der Waals surface area contributed by atoms with Crippen LogP contribution in [0, 0.1) is 28.6 Å². The van der Waals surface area contributed by atoms with Gasteiger partial charge in [0.1, 0.15) is 0 Å². The molecule has 0 saturated carbocycles. The van der Waals surface area contributed by atoms with Gasteiger partial charge in [-0.25, -0.2) is 0 Å². The lowest BCUT2D eigenvalue weighted by Crippen LogP contribution is -2.17. The van der Waals surface area contributed by atoms with Gasteiger partial charge in [-0.15, -0.1) is 0 Å². The first-order chi connectivity index (χ1) is 12.7. The number of hydrogen-bond acceptors (Lipinski definition) is 4. The van der Waals surface area contributed by atoms with Gasteiger partial charge in [-0.3, -0.25) is 9.59 Å². The van der Waals surface area contributed by atoms with E-state index in [-0.39, 0.29) is 22.8 Å². The number of carbonyl (C=O) groups excluding carboxylic acids is 2. The van der Waals surface area contributed by atoms with Crippen LogP contribution in [0.15, 0.2) is 0 Å². The zero-order chi connectivity index (χ0) is 22.0. The molecule has 28 heavy (non-hydrogen) atoms. The van der Waals surface area contributed by atoms with Crippen LogP contribution in [0.2, 0.25) is 0 Å². The molecule has 0 heterocycles. The van der Waals surface area contributed by atoms with Crippen molar-refractivity contribution in [3.8, 4) is 0 Å². The average molecular weight is 399 g/mol. The van der Waals surface area contributed by atoms with Gasteiger partial charge in [0.15, 0.2) is 0 Å². The molecule has 0 fully saturated rings. The molecule has 166 valence electrons. The molecule has 4 heteroatoms. The van der Waals surface area contributed by atoms with Crippen LogP contribution in [-0.2, 0) is 19.1 Å². The summed E-state index contributed by atoms with van der Waals surface area (Å²) >= 11 is 0. The molecule has 0 N–H and O–H groups in total. The Bertz CT molecular complexity index is 414. The van der Waals surface area contributed by atoms with Crippen molar-refractivity contribution in [2.45, 2.75) is 101 Å². The smallest absolute Gasteiger partial charge is 0.306 e. The summed E-state index contributed by atoms with van der Waals surface area (Å²) in [6.45, 7) is 20.3. The Morgan fingerprint density at radius 1 is 0.643 bits per heavy atom. The van der Waals surface area contributed by atoms with Crippen LogP contribution in [0.1, 0.15) is 101 Å². The Hall–Kier alpha value is -1.06. The molecule has 4 nitrogen and oxygen atoms in total. The van der Waals surface area contributed by atoms with E-state index in [1.54, 1.807) is 0 Å². The number of rotatable bonds is 12. The highest BCUT2D eigenvalue weighted by Gasteiger charge is 2.19. The van der Waals surface area contributed by atoms with E-state index in [0.29, 0.717) is 43.8 Å². The van der Waals surface area contributed by atoms with E-state index >= 15 is 0 Å². The van der Waals surface area contributed by atoms with Gasteiger partial charge in [-0.1, -0.05) is 62.3 Å². The SMILES string of the molecule is CC(CCOC(=O)CC(C)CC(C)(C)C)CCOC(=O)CC(C)CC(C)(C)C. The monoisotopic (exact) mass is 398 g/mol. The number of esters is 2. The van der Waals surface area contributed by atoms with Crippen LogP contribution in [-0.4, -0.2) is 25.2 Å². The fourth-order valence-electron chi connectivity index (χ4n) is 3.81. The highest BCUT2D eigenvalue weighted by molar-refractivity contribution is 5.69. The second-order valence-electron chi connectivity index (χ2n) is 11.3. The summed E-state index contributed by atoms with van der Waals surface area (Å²) in [6, 6.07) is 0. The van der Waals surface area contributed by atoms with E-state index in [0.717, 1.165) is 25.7 Å². The summed E-state index contributed by atoms with van der Waals surface area (Å²) < 4.78 is 10.8. The van der Waals surface area contributed by atoms with Crippen LogP contribution < -0.4 is 0 Å². The average Bonchev–Trinajstić information content (AvgIpc) is 2.42. The molecular weight excluding hydrogens is 352 g/mol. The molecule has 2 unspecified atom stereocenters. The molecule has 0 aromatic carbocycles. The van der Waals surface area contributed by atoms with Gasteiger partial charge in [-0.05, 0) is 54.3 Å². The van der Waals surface area contributed by atoms with Crippen molar-refractivity contribution in [2.24, 2.45) is 28.6 Å². The van der Waals surface area contributed by atoms with E-state index in [1.165, 1.54) is 0 Å². The van der Waals surface area contributed by atoms with Gasteiger partial charge in [0, 0.05) is 12.8 Å². The lowest BCUT2D eigenvalue weighted by Gasteiger charge is -2.22. The fourth-order valence-corrected chi connectivity index (χ4v) is 3.81. The zero-order valence-electron chi connectivity index (χ0n) is 20.0. The molecule has 0 aliphatic carbocycles. The van der Waals surface area contributed by atoms with Crippen LogP contribution in [0.25, 0.3) is 0 Å². The standard InChI is InChI=1S/C24H46O4/c1-18(10-12-27-21(25)14-19(2)16-23(4,5)6)11-13-28-22(26)15-20(3)17-24(7,8)9/h18-20H,10-17H2,1-9H3. The molecule has 0 spiro atoms. The molecule has 0 radical (unpaired) electrons. The van der Waals surface area contributed by atoms with Gasteiger partial charge >= 0.3 is 11.9 Å². The van der Waals surface area contributed by atoms with Crippen molar-refractivity contribution in [1.29, 1.82) is 0 Å². The van der Waals surface area contributed by atoms with Crippen molar-refractivity contribution in [2.75, 3.05) is 13.2 Å². The first-order valence-electron chi connectivity index (χ1n) is 11.0. The molecular formula is C24H46O4. The van der Waals surface area contributed by atoms with E-state index in [9.17, 15) is 9.59 Å². The number of ether oxygens (including phenoxy) is 2. The van der Waals surface area contributed by atoms with Crippen LogP contribution >= 0.6 is 0 Å². The maximum Gasteiger partial charge on any atom is 0.306 e. The molecule has 0 bridgehead atoms. The highest BCUT2D eigenvalue weighted by atomic mass is 16.5. The van der Waals surface area contributed by atoms with E-state index in [1.807, 2.05) is 0 Å². The summed E-state index contributed by atoms with van der Waals surface area (Å²) in [5, 5.41) is 0. The third-order valence-electron chi connectivity index (χ3n) is 4.70. The largest absolute Gasteiger partial charge is 0.466 e. The minimum absolute atomic E-state index is 0.108. The van der Waals surface area contributed by atoms with Crippen LogP contribution in [0.5, 0.6) is 0 Å². The minimum atomic E-state index is -0.108. The molecule has 0 aliphatic rings. The quantitative estimate of drug-likeness (QED) is 0.356. The van der Waals surface area contributed by atoms with Gasteiger partial charge < -0.3 is 9.47 Å². The summed E-state index contributed by atoms with van der Waals surface area (Å²) in [6.07, 6.45) is 4.59. The predicted octanol–water partition coefficient (Wildman–Crippen LogP) is 6.41. The van der Waals surface area contributed by atoms with Crippen molar-refractivity contribution in [1.82, 2.24) is 0 Å². The second kappa shape index (κ2) is 12.5. The van der Waals surface area contributed by atoms with Crippen LogP contribution in [0.4, 0.5) is 0 Å². The third kappa shape index (κ3) is 17.1. The van der Waals surface area contributed by atoms with Gasteiger partial charge in [0.2, 0.25) is 0 Å². The van der Waals surface area contributed by atoms with Crippen molar-refractivity contribution < 1.29 is 19.1 Å². The molecule has 0 rings (SSSR count). The Morgan fingerprint density at radius 3 is 1.25 bits per heavy atom. The number of carbonyl (C=O) groups is 2. The van der Waals surface area contributed by atoms with E-state index < -0.39 is 0 Å². The molecule has 0 aliphatic heterocycles. The topological polar surface area (TPSA) is 52.6 Å². The summed E-state index contributed by atoms with van der Waals surface area (Å²) in [5.41, 5.74) is 0.465. The predicted molar refractivity (Wildman–Crippen MR) is 116 cm³/mol. The van der Waals surface area contributed by atoms with Gasteiger partial charge in [0.05, 0.1) is 13.2 Å². The van der Waals surface area contributed by atoms with E-state index in [2.05, 4.69) is 62.3 Å². The third-order valence-corrected chi connectivity index (χ3v) is 4.70. The summed E-state index contributed by atoms with van der Waals surface area (Å²) in [4.78, 5) is 23.9. The maximum absolute atomic E-state index is 11.9. The van der Waals surface area contributed by atoms with Gasteiger partial charge in [0.25, 0.3) is 0 Å². The lowest BCUT2D eigenvalue weighted by atomic mass is 9.84. The van der Waals surface area contributed by atoms with E-state index in [4.69, 9.17) is 9.47 Å². The zero-order valence-corrected chi connectivity index (χ0v) is 20.0. The Labute approximate surface area is 174 Å². The van der Waals surface area contributed by atoms with Gasteiger partial charge in [-0.2, -0.15) is 0 Å². The molecule has 0 aromatic rings. The normalized spacial score (nSPS) is 15.6. The van der Waals surface area contributed by atoms with Crippen LogP contribution in [0.3, 0.4) is 0 Å². The highest BCUT2D eigenvalue weighted by Crippen LogP contribution is 2.27. The molecule has 2 atom stereocenters. The minimum Gasteiger partial charge on any atom is -0.466 e. The number of hydrogen-bond donors (Lipinski definition) is 0. The maximum atomic E-state index is 11.9. The Kier molecular flexibility index (Phi) is 12.0. The molecule has 0 aromatic heterocycles. The first-order valence-corrected chi connectivity index (χ1v) is 11.0. The lowest BCUT2D eigenvalue weighted by molar-refractivity contribution is -0.145. The Balaban J connectivity index is 3.86. The van der Waals surface area contributed by atoms with Crippen molar-refractivity contribution in [3.05, 3.63) is 0 Å². The fraction of sp³-hybridized carbons (Fsp3) is 0.917. The van der Waals surface area contributed by atoms with Crippen molar-refractivity contribution in [3.63, 3.8) is 0 Å². The second-order valence-corrected chi connectivity index (χ2v) is 11.3.